The molecule has 118 valence electrons. The SMILES string of the molecule is CC(C)c1cccc([C@H](N2CCNCC2)C(F)(F)CO)c1. The van der Waals surface area contributed by atoms with Crippen LogP contribution in [0.15, 0.2) is 24.3 Å². The normalized spacial score (nSPS) is 19.0. The van der Waals surface area contributed by atoms with Crippen molar-refractivity contribution in [1.29, 1.82) is 0 Å². The molecule has 0 saturated carbocycles. The molecule has 0 aliphatic carbocycles. The lowest BCUT2D eigenvalue weighted by Crippen LogP contribution is -2.51. The number of benzene rings is 1. The second kappa shape index (κ2) is 6.81. The summed E-state index contributed by atoms with van der Waals surface area (Å²) in [5.74, 6) is -2.86. The molecular formula is C16H24F2N2O. The van der Waals surface area contributed by atoms with Crippen LogP contribution < -0.4 is 5.32 Å². The first-order valence-electron chi connectivity index (χ1n) is 7.49. The van der Waals surface area contributed by atoms with Crippen LogP contribution in [0, 0.1) is 0 Å². The zero-order valence-electron chi connectivity index (χ0n) is 12.6. The number of nitrogens with zero attached hydrogens (tertiary/aromatic N) is 1. The lowest BCUT2D eigenvalue weighted by molar-refractivity contribution is -0.118. The van der Waals surface area contributed by atoms with Gasteiger partial charge in [-0.25, -0.2) is 8.78 Å². The molecule has 3 nitrogen and oxygen atoms in total. The third kappa shape index (κ3) is 3.78. The van der Waals surface area contributed by atoms with Gasteiger partial charge in [0.2, 0.25) is 0 Å². The summed E-state index contributed by atoms with van der Waals surface area (Å²) >= 11 is 0. The number of aliphatic hydroxyl groups is 1. The summed E-state index contributed by atoms with van der Waals surface area (Å²) < 4.78 is 28.6. The number of hydrogen-bond donors (Lipinski definition) is 2. The Morgan fingerprint density at radius 1 is 1.24 bits per heavy atom. The first kappa shape index (κ1) is 16.3. The molecule has 0 unspecified atom stereocenters. The summed E-state index contributed by atoms with van der Waals surface area (Å²) in [6, 6.07) is 6.31. The second-order valence-electron chi connectivity index (χ2n) is 5.93. The smallest absolute Gasteiger partial charge is 0.289 e. The van der Waals surface area contributed by atoms with Crippen molar-refractivity contribution >= 4 is 0 Å². The second-order valence-corrected chi connectivity index (χ2v) is 5.93. The average Bonchev–Trinajstić information content (AvgIpc) is 2.48. The van der Waals surface area contributed by atoms with E-state index in [2.05, 4.69) is 5.32 Å². The molecule has 0 amide bonds. The van der Waals surface area contributed by atoms with Gasteiger partial charge >= 0.3 is 0 Å². The number of nitrogens with one attached hydrogen (secondary N) is 1. The zero-order chi connectivity index (χ0) is 15.5. The molecule has 0 radical (unpaired) electrons. The average molecular weight is 298 g/mol. The van der Waals surface area contributed by atoms with Gasteiger partial charge in [-0.3, -0.25) is 4.90 Å². The molecule has 5 heteroatoms. The van der Waals surface area contributed by atoms with Gasteiger partial charge in [0.05, 0.1) is 0 Å². The maximum absolute atomic E-state index is 14.3. The molecule has 1 saturated heterocycles. The van der Waals surface area contributed by atoms with Crippen LogP contribution in [-0.2, 0) is 0 Å². The van der Waals surface area contributed by atoms with E-state index < -0.39 is 18.6 Å². The summed E-state index contributed by atoms with van der Waals surface area (Å²) in [6.45, 7) is 5.47. The molecule has 1 aliphatic rings. The molecule has 1 atom stereocenters. The van der Waals surface area contributed by atoms with E-state index in [1.165, 1.54) is 0 Å². The third-order valence-corrected chi connectivity index (χ3v) is 4.02. The number of piperazine rings is 1. The fraction of sp³-hybridized carbons (Fsp3) is 0.625. The zero-order valence-corrected chi connectivity index (χ0v) is 12.6. The Kier molecular flexibility index (Phi) is 5.30. The highest BCUT2D eigenvalue weighted by molar-refractivity contribution is 5.29. The Labute approximate surface area is 125 Å². The van der Waals surface area contributed by atoms with Crippen LogP contribution in [0.5, 0.6) is 0 Å². The van der Waals surface area contributed by atoms with Gasteiger partial charge < -0.3 is 10.4 Å². The highest BCUT2D eigenvalue weighted by Gasteiger charge is 2.44. The van der Waals surface area contributed by atoms with Gasteiger partial charge in [0.15, 0.2) is 0 Å². The van der Waals surface area contributed by atoms with E-state index in [0.717, 1.165) is 5.56 Å². The molecule has 1 aromatic rings. The minimum Gasteiger partial charge on any atom is -0.390 e. The minimum atomic E-state index is -3.15. The molecule has 0 aromatic heterocycles. The summed E-state index contributed by atoms with van der Waals surface area (Å²) in [7, 11) is 0. The number of alkyl halides is 2. The van der Waals surface area contributed by atoms with E-state index in [-0.39, 0.29) is 5.92 Å². The lowest BCUT2D eigenvalue weighted by Gasteiger charge is -2.39. The molecule has 1 aromatic carbocycles. The summed E-state index contributed by atoms with van der Waals surface area (Å²) in [5, 5.41) is 12.3. The molecule has 1 aliphatic heterocycles. The summed E-state index contributed by atoms with van der Waals surface area (Å²) in [4.78, 5) is 1.77. The Balaban J connectivity index is 2.36. The predicted molar refractivity (Wildman–Crippen MR) is 79.7 cm³/mol. The van der Waals surface area contributed by atoms with E-state index >= 15 is 0 Å². The Hall–Kier alpha value is -1.04. The number of halogens is 2. The van der Waals surface area contributed by atoms with Crippen molar-refractivity contribution in [2.45, 2.75) is 31.7 Å². The predicted octanol–water partition coefficient (Wildman–Crippen LogP) is 2.38. The summed E-state index contributed by atoms with van der Waals surface area (Å²) in [6.07, 6.45) is 0. The quantitative estimate of drug-likeness (QED) is 0.876. The Bertz CT molecular complexity index is 459. The molecule has 2 N–H and O–H groups in total. The molecule has 2 rings (SSSR count). The fourth-order valence-electron chi connectivity index (χ4n) is 2.84. The molecule has 0 bridgehead atoms. The van der Waals surface area contributed by atoms with Crippen LogP contribution in [0.2, 0.25) is 0 Å². The minimum absolute atomic E-state index is 0.288. The molecule has 21 heavy (non-hydrogen) atoms. The largest absolute Gasteiger partial charge is 0.390 e. The summed E-state index contributed by atoms with van der Waals surface area (Å²) in [5.41, 5.74) is 1.63. The van der Waals surface area contributed by atoms with Gasteiger partial charge in [0.25, 0.3) is 5.92 Å². The van der Waals surface area contributed by atoms with Crippen LogP contribution in [0.3, 0.4) is 0 Å². The molecule has 1 heterocycles. The van der Waals surface area contributed by atoms with Gasteiger partial charge in [-0.1, -0.05) is 38.1 Å². The van der Waals surface area contributed by atoms with Crippen molar-refractivity contribution in [1.82, 2.24) is 10.2 Å². The molecule has 1 fully saturated rings. The van der Waals surface area contributed by atoms with Crippen molar-refractivity contribution < 1.29 is 13.9 Å². The van der Waals surface area contributed by atoms with Gasteiger partial charge in [-0.2, -0.15) is 0 Å². The van der Waals surface area contributed by atoms with Crippen molar-refractivity contribution in [3.63, 3.8) is 0 Å². The van der Waals surface area contributed by atoms with Gasteiger partial charge in [0, 0.05) is 26.2 Å². The standard InChI is InChI=1S/C16H24F2N2O/c1-12(2)13-4-3-5-14(10-13)15(16(17,18)11-21)20-8-6-19-7-9-20/h3-5,10,12,15,19,21H,6-9,11H2,1-2H3/t15-/m0/s1. The molecule has 0 spiro atoms. The maximum Gasteiger partial charge on any atom is 0.289 e. The van der Waals surface area contributed by atoms with E-state index in [1.807, 2.05) is 32.0 Å². The first-order valence-corrected chi connectivity index (χ1v) is 7.49. The molecular weight excluding hydrogens is 274 g/mol. The topological polar surface area (TPSA) is 35.5 Å². The maximum atomic E-state index is 14.3. The highest BCUT2D eigenvalue weighted by Crippen LogP contribution is 2.37. The van der Waals surface area contributed by atoms with Crippen molar-refractivity contribution in [2.75, 3.05) is 32.8 Å². The number of aliphatic hydroxyl groups excluding tert-OH is 1. The van der Waals surface area contributed by atoms with Crippen LogP contribution in [0.4, 0.5) is 8.78 Å². The van der Waals surface area contributed by atoms with Gasteiger partial charge in [-0.05, 0) is 17.0 Å². The highest BCUT2D eigenvalue weighted by atomic mass is 19.3. The van der Waals surface area contributed by atoms with E-state index in [9.17, 15) is 8.78 Å². The van der Waals surface area contributed by atoms with Crippen LogP contribution in [0.25, 0.3) is 0 Å². The van der Waals surface area contributed by atoms with Crippen molar-refractivity contribution in [2.24, 2.45) is 0 Å². The number of rotatable bonds is 5. The Morgan fingerprint density at radius 2 is 1.86 bits per heavy atom. The van der Waals surface area contributed by atoms with Crippen molar-refractivity contribution in [3.05, 3.63) is 35.4 Å². The monoisotopic (exact) mass is 298 g/mol. The van der Waals surface area contributed by atoms with E-state index in [4.69, 9.17) is 5.11 Å². The third-order valence-electron chi connectivity index (χ3n) is 4.02. The van der Waals surface area contributed by atoms with Crippen LogP contribution in [0.1, 0.15) is 36.9 Å². The first-order chi connectivity index (χ1) is 9.95. The van der Waals surface area contributed by atoms with Crippen LogP contribution >= 0.6 is 0 Å². The van der Waals surface area contributed by atoms with Crippen LogP contribution in [-0.4, -0.2) is 48.7 Å². The van der Waals surface area contributed by atoms with Crippen molar-refractivity contribution in [3.8, 4) is 0 Å². The fourth-order valence-corrected chi connectivity index (χ4v) is 2.84. The van der Waals surface area contributed by atoms with E-state index in [1.54, 1.807) is 11.0 Å². The van der Waals surface area contributed by atoms with Gasteiger partial charge in [0.1, 0.15) is 12.6 Å². The van der Waals surface area contributed by atoms with E-state index in [0.29, 0.717) is 31.7 Å². The number of hydrogen-bond acceptors (Lipinski definition) is 3. The lowest BCUT2D eigenvalue weighted by atomic mass is 9.93. The van der Waals surface area contributed by atoms with Gasteiger partial charge in [-0.15, -0.1) is 0 Å². The Morgan fingerprint density at radius 3 is 2.43 bits per heavy atom.